The van der Waals surface area contributed by atoms with E-state index in [-0.39, 0.29) is 11.4 Å². The Labute approximate surface area is 118 Å². The largest absolute Gasteiger partial charge is 0.478 e. The van der Waals surface area contributed by atoms with Gasteiger partial charge in [-0.25, -0.2) is 9.78 Å². The molecule has 6 nitrogen and oxygen atoms in total. The number of ether oxygens (including phenoxy) is 1. The first-order valence-electron chi connectivity index (χ1n) is 6.14. The standard InChI is InChI=1S/C15H10N2O4/c18-13-14(17-12-4-2-1-3-11(12)16-13)21-10-7-5-9(6-8-10)15(19)20/h1-8H,(H,16,18)(H,19,20). The zero-order chi connectivity index (χ0) is 14.8. The molecule has 0 aliphatic rings. The number of carboxylic acids is 1. The molecule has 0 aliphatic heterocycles. The maximum atomic E-state index is 11.9. The Balaban J connectivity index is 1.95. The van der Waals surface area contributed by atoms with Crippen molar-refractivity contribution in [2.45, 2.75) is 0 Å². The minimum absolute atomic E-state index is 0.0863. The van der Waals surface area contributed by atoms with Crippen LogP contribution in [0.15, 0.2) is 53.3 Å². The van der Waals surface area contributed by atoms with Gasteiger partial charge in [0.15, 0.2) is 0 Å². The van der Waals surface area contributed by atoms with Crippen LogP contribution in [0, 0.1) is 0 Å². The molecular weight excluding hydrogens is 272 g/mol. The van der Waals surface area contributed by atoms with Gasteiger partial charge in [0.2, 0.25) is 0 Å². The van der Waals surface area contributed by atoms with Gasteiger partial charge in [-0.1, -0.05) is 12.1 Å². The molecule has 2 aromatic carbocycles. The predicted octanol–water partition coefficient (Wildman–Crippen LogP) is 2.41. The molecule has 0 saturated carbocycles. The van der Waals surface area contributed by atoms with Crippen LogP contribution >= 0.6 is 0 Å². The van der Waals surface area contributed by atoms with E-state index in [0.29, 0.717) is 16.8 Å². The van der Waals surface area contributed by atoms with Gasteiger partial charge in [-0.05, 0) is 36.4 Å². The second kappa shape index (κ2) is 5.09. The molecule has 1 aromatic heterocycles. The summed E-state index contributed by atoms with van der Waals surface area (Å²) < 4.78 is 5.40. The fraction of sp³-hybridized carbons (Fsp3) is 0. The Hall–Kier alpha value is -3.15. The lowest BCUT2D eigenvalue weighted by atomic mass is 10.2. The number of nitrogens with one attached hydrogen (secondary N) is 1. The lowest BCUT2D eigenvalue weighted by Crippen LogP contribution is -2.11. The van der Waals surface area contributed by atoms with E-state index in [0.717, 1.165) is 0 Å². The number of para-hydroxylation sites is 2. The predicted molar refractivity (Wildman–Crippen MR) is 75.8 cm³/mol. The van der Waals surface area contributed by atoms with Crippen LogP contribution in [-0.4, -0.2) is 21.0 Å². The SMILES string of the molecule is O=C(O)c1ccc(Oc2nc3ccccc3[nH]c2=O)cc1. The lowest BCUT2D eigenvalue weighted by molar-refractivity contribution is 0.0697. The molecule has 3 rings (SSSR count). The summed E-state index contributed by atoms with van der Waals surface area (Å²) in [6.45, 7) is 0. The third kappa shape index (κ3) is 2.59. The summed E-state index contributed by atoms with van der Waals surface area (Å²) in [5.74, 6) is -0.770. The molecule has 6 heteroatoms. The summed E-state index contributed by atoms with van der Waals surface area (Å²) in [4.78, 5) is 29.5. The topological polar surface area (TPSA) is 92.3 Å². The van der Waals surface area contributed by atoms with E-state index in [1.54, 1.807) is 24.3 Å². The first kappa shape index (κ1) is 12.9. The average molecular weight is 282 g/mol. The number of hydrogen-bond donors (Lipinski definition) is 2. The number of aromatic amines is 1. The number of carboxylic acid groups (broad SMARTS) is 1. The van der Waals surface area contributed by atoms with Crippen LogP contribution in [0.2, 0.25) is 0 Å². The van der Waals surface area contributed by atoms with Crippen LogP contribution in [0.5, 0.6) is 11.6 Å². The van der Waals surface area contributed by atoms with E-state index in [1.165, 1.54) is 24.3 Å². The molecule has 3 aromatic rings. The highest BCUT2D eigenvalue weighted by molar-refractivity contribution is 5.87. The third-order valence-electron chi connectivity index (χ3n) is 2.88. The number of benzene rings is 2. The first-order chi connectivity index (χ1) is 10.1. The van der Waals surface area contributed by atoms with Crippen molar-refractivity contribution in [3.8, 4) is 11.6 Å². The second-order valence-corrected chi connectivity index (χ2v) is 4.32. The van der Waals surface area contributed by atoms with Crippen molar-refractivity contribution in [1.82, 2.24) is 9.97 Å². The molecule has 21 heavy (non-hydrogen) atoms. The van der Waals surface area contributed by atoms with Gasteiger partial charge in [-0.15, -0.1) is 0 Å². The van der Waals surface area contributed by atoms with Gasteiger partial charge in [0.25, 0.3) is 5.88 Å². The van der Waals surface area contributed by atoms with Gasteiger partial charge < -0.3 is 14.8 Å². The molecule has 0 spiro atoms. The van der Waals surface area contributed by atoms with Crippen LogP contribution in [0.4, 0.5) is 0 Å². The molecule has 2 N–H and O–H groups in total. The van der Waals surface area contributed by atoms with E-state index in [1.807, 2.05) is 0 Å². The highest BCUT2D eigenvalue weighted by Crippen LogP contribution is 2.18. The summed E-state index contributed by atoms with van der Waals surface area (Å²) in [5, 5.41) is 8.82. The summed E-state index contributed by atoms with van der Waals surface area (Å²) in [6, 6.07) is 12.8. The van der Waals surface area contributed by atoms with Crippen molar-refractivity contribution in [3.05, 3.63) is 64.4 Å². The quantitative estimate of drug-likeness (QED) is 0.769. The van der Waals surface area contributed by atoms with Crippen molar-refractivity contribution < 1.29 is 14.6 Å². The fourth-order valence-electron chi connectivity index (χ4n) is 1.86. The van der Waals surface area contributed by atoms with Crippen LogP contribution in [0.1, 0.15) is 10.4 Å². The van der Waals surface area contributed by atoms with Crippen LogP contribution in [0.25, 0.3) is 11.0 Å². The third-order valence-corrected chi connectivity index (χ3v) is 2.88. The van der Waals surface area contributed by atoms with Gasteiger partial charge in [0, 0.05) is 0 Å². The van der Waals surface area contributed by atoms with Crippen LogP contribution < -0.4 is 10.3 Å². The molecule has 0 radical (unpaired) electrons. The monoisotopic (exact) mass is 282 g/mol. The van der Waals surface area contributed by atoms with Gasteiger partial charge in [0.05, 0.1) is 16.6 Å². The molecule has 0 unspecified atom stereocenters. The molecule has 104 valence electrons. The number of rotatable bonds is 3. The van der Waals surface area contributed by atoms with Gasteiger partial charge >= 0.3 is 11.5 Å². The molecule has 0 bridgehead atoms. The zero-order valence-corrected chi connectivity index (χ0v) is 10.7. The van der Waals surface area contributed by atoms with Gasteiger partial charge in [-0.3, -0.25) is 4.79 Å². The molecule has 0 atom stereocenters. The lowest BCUT2D eigenvalue weighted by Gasteiger charge is -2.05. The Kier molecular flexibility index (Phi) is 3.12. The number of nitrogens with zero attached hydrogens (tertiary/aromatic N) is 1. The number of H-pyrrole nitrogens is 1. The number of aromatic carboxylic acids is 1. The van der Waals surface area contributed by atoms with E-state index < -0.39 is 11.5 Å². The van der Waals surface area contributed by atoms with Crippen molar-refractivity contribution in [2.75, 3.05) is 0 Å². The Morgan fingerprint density at radius 3 is 2.52 bits per heavy atom. The average Bonchev–Trinajstić information content (AvgIpc) is 2.48. The smallest absolute Gasteiger partial charge is 0.335 e. The van der Waals surface area contributed by atoms with Crippen molar-refractivity contribution in [2.24, 2.45) is 0 Å². The van der Waals surface area contributed by atoms with E-state index >= 15 is 0 Å². The summed E-state index contributed by atoms with van der Waals surface area (Å²) >= 11 is 0. The van der Waals surface area contributed by atoms with Crippen LogP contribution in [0.3, 0.4) is 0 Å². The maximum absolute atomic E-state index is 11.9. The van der Waals surface area contributed by atoms with Gasteiger partial charge in [0.1, 0.15) is 5.75 Å². The van der Waals surface area contributed by atoms with Gasteiger partial charge in [-0.2, -0.15) is 0 Å². The molecule has 0 saturated heterocycles. The number of hydrogen-bond acceptors (Lipinski definition) is 4. The molecular formula is C15H10N2O4. The molecule has 0 amide bonds. The highest BCUT2D eigenvalue weighted by atomic mass is 16.5. The Bertz CT molecular complexity index is 869. The van der Waals surface area contributed by atoms with Crippen molar-refractivity contribution >= 4 is 17.0 Å². The Morgan fingerprint density at radius 1 is 1.10 bits per heavy atom. The Morgan fingerprint density at radius 2 is 1.81 bits per heavy atom. The minimum Gasteiger partial charge on any atom is -0.478 e. The van der Waals surface area contributed by atoms with Crippen LogP contribution in [-0.2, 0) is 0 Å². The van der Waals surface area contributed by atoms with E-state index in [9.17, 15) is 9.59 Å². The highest BCUT2D eigenvalue weighted by Gasteiger charge is 2.08. The summed E-state index contributed by atoms with van der Waals surface area (Å²) in [5.41, 5.74) is 0.920. The van der Waals surface area contributed by atoms with E-state index in [2.05, 4.69) is 9.97 Å². The van der Waals surface area contributed by atoms with Crippen molar-refractivity contribution in [3.63, 3.8) is 0 Å². The van der Waals surface area contributed by atoms with Crippen molar-refractivity contribution in [1.29, 1.82) is 0 Å². The number of carbonyl (C=O) groups is 1. The molecule has 0 aliphatic carbocycles. The first-order valence-corrected chi connectivity index (χ1v) is 6.14. The maximum Gasteiger partial charge on any atom is 0.335 e. The summed E-state index contributed by atoms with van der Waals surface area (Å²) in [7, 11) is 0. The zero-order valence-electron chi connectivity index (χ0n) is 10.7. The minimum atomic E-state index is -1.02. The normalized spacial score (nSPS) is 10.5. The summed E-state index contributed by atoms with van der Waals surface area (Å²) in [6.07, 6.45) is 0. The number of fused-ring (bicyclic) bond motifs is 1. The van der Waals surface area contributed by atoms with E-state index in [4.69, 9.17) is 9.84 Å². The molecule has 0 fully saturated rings. The fourth-order valence-corrected chi connectivity index (χ4v) is 1.86. The second-order valence-electron chi connectivity index (χ2n) is 4.32. The molecule has 1 heterocycles. The number of aromatic nitrogens is 2.